The molecule has 3 rings (SSSR count). The van der Waals surface area contributed by atoms with Crippen LogP contribution in [0.2, 0.25) is 0 Å². The first-order valence-electron chi connectivity index (χ1n) is 7.45. The maximum absolute atomic E-state index is 12.4. The number of carbonyl (C=O) groups is 3. The summed E-state index contributed by atoms with van der Waals surface area (Å²) in [6.45, 7) is 7.26. The molecule has 1 aliphatic carbocycles. The summed E-state index contributed by atoms with van der Waals surface area (Å²) in [5.74, 6) is -0.920. The molecule has 2 saturated heterocycles. The number of hydrogen-bond acceptors (Lipinski definition) is 5. The Kier molecular flexibility index (Phi) is 4.25. The minimum Gasteiger partial charge on any atom is -0.464 e. The van der Waals surface area contributed by atoms with Gasteiger partial charge in [0.2, 0.25) is 0 Å². The van der Waals surface area contributed by atoms with E-state index in [-0.39, 0.29) is 18.4 Å². The molecule has 0 aromatic carbocycles. The van der Waals surface area contributed by atoms with Crippen molar-refractivity contribution >= 4 is 17.8 Å². The van der Waals surface area contributed by atoms with Gasteiger partial charge in [-0.05, 0) is 40.5 Å². The van der Waals surface area contributed by atoms with Crippen LogP contribution in [0.25, 0.3) is 0 Å². The summed E-state index contributed by atoms with van der Waals surface area (Å²) in [5, 5.41) is 0. The number of carbonyl (C=O) groups excluding carboxylic acids is 3. The molecular formula is C15H23NO5. The Labute approximate surface area is 124 Å². The van der Waals surface area contributed by atoms with Crippen molar-refractivity contribution < 1.29 is 23.9 Å². The fourth-order valence-electron chi connectivity index (χ4n) is 3.09. The second kappa shape index (κ2) is 5.66. The van der Waals surface area contributed by atoms with E-state index in [1.165, 1.54) is 4.90 Å². The Bertz CT molecular complexity index is 453. The molecule has 2 bridgehead atoms. The number of nitrogens with zero attached hydrogens (tertiary/aromatic N) is 1. The van der Waals surface area contributed by atoms with E-state index in [0.717, 1.165) is 6.42 Å². The lowest BCUT2D eigenvalue weighted by molar-refractivity contribution is -0.162. The predicted octanol–water partition coefficient (Wildman–Crippen LogP) is 1.91. The molecule has 118 valence electrons. The molecule has 6 heteroatoms. The van der Waals surface area contributed by atoms with E-state index < -0.39 is 29.6 Å². The summed E-state index contributed by atoms with van der Waals surface area (Å²) in [7, 11) is 0. The quantitative estimate of drug-likeness (QED) is 0.728. The number of piperidine rings is 2. The van der Waals surface area contributed by atoms with Crippen LogP contribution >= 0.6 is 0 Å². The highest BCUT2D eigenvalue weighted by Gasteiger charge is 2.53. The smallest absolute Gasteiger partial charge is 0.411 e. The minimum absolute atomic E-state index is 0.0455. The van der Waals surface area contributed by atoms with Gasteiger partial charge in [0.25, 0.3) is 0 Å². The van der Waals surface area contributed by atoms with Gasteiger partial charge in [0.1, 0.15) is 17.4 Å². The summed E-state index contributed by atoms with van der Waals surface area (Å²) < 4.78 is 10.4. The Morgan fingerprint density at radius 2 is 1.95 bits per heavy atom. The molecule has 0 unspecified atom stereocenters. The zero-order valence-corrected chi connectivity index (χ0v) is 13.0. The van der Waals surface area contributed by atoms with Crippen molar-refractivity contribution in [2.75, 3.05) is 6.61 Å². The SMILES string of the molecule is CCOC(=O)[C@H]1[C@@H]2CC[C@@H](CC2=O)N1C(=O)OC(C)(C)C. The van der Waals surface area contributed by atoms with Gasteiger partial charge in [0, 0.05) is 18.4 Å². The molecule has 3 fully saturated rings. The number of hydrogen-bond donors (Lipinski definition) is 0. The Balaban J connectivity index is 2.25. The van der Waals surface area contributed by atoms with Crippen LogP contribution in [0.1, 0.15) is 47.0 Å². The Morgan fingerprint density at radius 3 is 2.48 bits per heavy atom. The molecule has 3 aliphatic rings. The van der Waals surface area contributed by atoms with Crippen molar-refractivity contribution in [3.63, 3.8) is 0 Å². The van der Waals surface area contributed by atoms with Gasteiger partial charge in [-0.2, -0.15) is 0 Å². The van der Waals surface area contributed by atoms with Crippen molar-refractivity contribution in [3.8, 4) is 0 Å². The zero-order chi connectivity index (χ0) is 15.8. The van der Waals surface area contributed by atoms with E-state index in [2.05, 4.69) is 0 Å². The van der Waals surface area contributed by atoms with Crippen LogP contribution in [0.4, 0.5) is 4.79 Å². The van der Waals surface area contributed by atoms with Crippen molar-refractivity contribution in [2.45, 2.75) is 64.6 Å². The van der Waals surface area contributed by atoms with Gasteiger partial charge in [-0.1, -0.05) is 0 Å². The van der Waals surface area contributed by atoms with E-state index in [1.807, 2.05) is 0 Å². The van der Waals surface area contributed by atoms with E-state index in [1.54, 1.807) is 27.7 Å². The highest BCUT2D eigenvalue weighted by atomic mass is 16.6. The van der Waals surface area contributed by atoms with E-state index in [9.17, 15) is 14.4 Å². The lowest BCUT2D eigenvalue weighted by Gasteiger charge is -2.48. The number of ketones is 1. The summed E-state index contributed by atoms with van der Waals surface area (Å²) in [6.07, 6.45) is 1.13. The fraction of sp³-hybridized carbons (Fsp3) is 0.800. The molecule has 2 heterocycles. The van der Waals surface area contributed by atoms with E-state index in [4.69, 9.17) is 9.47 Å². The van der Waals surface area contributed by atoms with Gasteiger partial charge in [0.05, 0.1) is 6.61 Å². The first-order valence-corrected chi connectivity index (χ1v) is 7.45. The lowest BCUT2D eigenvalue weighted by Crippen LogP contribution is -2.64. The number of rotatable bonds is 2. The minimum atomic E-state index is -0.834. The van der Waals surface area contributed by atoms with Gasteiger partial charge in [0.15, 0.2) is 0 Å². The van der Waals surface area contributed by atoms with E-state index in [0.29, 0.717) is 12.8 Å². The molecule has 0 aromatic rings. The average Bonchev–Trinajstić information content (AvgIpc) is 2.36. The zero-order valence-electron chi connectivity index (χ0n) is 13.0. The largest absolute Gasteiger partial charge is 0.464 e. The van der Waals surface area contributed by atoms with Crippen LogP contribution in [0.3, 0.4) is 0 Å². The number of esters is 1. The normalized spacial score (nSPS) is 28.5. The van der Waals surface area contributed by atoms with Gasteiger partial charge < -0.3 is 9.47 Å². The third kappa shape index (κ3) is 3.19. The monoisotopic (exact) mass is 297 g/mol. The van der Waals surface area contributed by atoms with Gasteiger partial charge in [-0.15, -0.1) is 0 Å². The maximum Gasteiger partial charge on any atom is 0.411 e. The molecule has 21 heavy (non-hydrogen) atoms. The Morgan fingerprint density at radius 1 is 1.29 bits per heavy atom. The van der Waals surface area contributed by atoms with Crippen LogP contribution in [-0.4, -0.2) is 47.0 Å². The molecule has 1 amide bonds. The first kappa shape index (κ1) is 15.8. The molecule has 6 nitrogen and oxygen atoms in total. The topological polar surface area (TPSA) is 72.9 Å². The number of ether oxygens (including phenoxy) is 2. The van der Waals surface area contributed by atoms with Crippen LogP contribution < -0.4 is 0 Å². The summed E-state index contributed by atoms with van der Waals surface area (Å²) in [6, 6.07) is -1.09. The van der Waals surface area contributed by atoms with Crippen LogP contribution in [0.5, 0.6) is 0 Å². The van der Waals surface area contributed by atoms with Gasteiger partial charge in [-0.25, -0.2) is 9.59 Å². The molecule has 1 saturated carbocycles. The molecule has 0 N–H and O–H groups in total. The third-order valence-corrected chi connectivity index (χ3v) is 3.87. The lowest BCUT2D eigenvalue weighted by atomic mass is 9.74. The average molecular weight is 297 g/mol. The number of amides is 1. The highest BCUT2D eigenvalue weighted by Crippen LogP contribution is 2.38. The highest BCUT2D eigenvalue weighted by molar-refractivity contribution is 5.94. The fourth-order valence-corrected chi connectivity index (χ4v) is 3.09. The molecule has 0 radical (unpaired) electrons. The van der Waals surface area contributed by atoms with Crippen LogP contribution in [0.15, 0.2) is 0 Å². The summed E-state index contributed by atoms with van der Waals surface area (Å²) in [4.78, 5) is 38.1. The van der Waals surface area contributed by atoms with Crippen LogP contribution in [0, 0.1) is 5.92 Å². The molecule has 0 spiro atoms. The first-order chi connectivity index (χ1) is 9.74. The van der Waals surface area contributed by atoms with Crippen molar-refractivity contribution in [1.29, 1.82) is 0 Å². The van der Waals surface area contributed by atoms with Gasteiger partial charge in [-0.3, -0.25) is 9.69 Å². The summed E-state index contributed by atoms with van der Waals surface area (Å²) >= 11 is 0. The Hall–Kier alpha value is -1.59. The third-order valence-electron chi connectivity index (χ3n) is 3.87. The maximum atomic E-state index is 12.4. The van der Waals surface area contributed by atoms with E-state index >= 15 is 0 Å². The molecule has 2 aliphatic heterocycles. The molecule has 3 atom stereocenters. The second-order valence-electron chi connectivity index (χ2n) is 6.59. The van der Waals surface area contributed by atoms with Crippen LogP contribution in [-0.2, 0) is 19.1 Å². The van der Waals surface area contributed by atoms with Crippen molar-refractivity contribution in [2.24, 2.45) is 5.92 Å². The van der Waals surface area contributed by atoms with Crippen molar-refractivity contribution in [1.82, 2.24) is 4.90 Å². The number of fused-ring (bicyclic) bond motifs is 3. The predicted molar refractivity (Wildman–Crippen MR) is 74.6 cm³/mol. The van der Waals surface area contributed by atoms with Gasteiger partial charge >= 0.3 is 12.1 Å². The summed E-state index contributed by atoms with van der Waals surface area (Å²) in [5.41, 5.74) is -0.642. The molecule has 0 aromatic heterocycles. The van der Waals surface area contributed by atoms with Crippen molar-refractivity contribution in [3.05, 3.63) is 0 Å². The number of Topliss-reactive ketones (excluding diaryl/α,β-unsaturated/α-hetero) is 1. The molecular weight excluding hydrogens is 274 g/mol. The standard InChI is InChI=1S/C15H23NO5/c1-5-20-13(18)12-10-7-6-9(8-11(10)17)16(12)14(19)21-15(2,3)4/h9-10,12H,5-8H2,1-4H3/t9-,10+,12+/m0/s1. The second-order valence-corrected chi connectivity index (χ2v) is 6.59.